The van der Waals surface area contributed by atoms with Gasteiger partial charge in [-0.25, -0.2) is 9.78 Å². The predicted molar refractivity (Wildman–Crippen MR) is 138 cm³/mol. The van der Waals surface area contributed by atoms with Gasteiger partial charge in [-0.3, -0.25) is 0 Å². The van der Waals surface area contributed by atoms with Crippen molar-refractivity contribution in [2.45, 2.75) is 25.8 Å². The molecule has 0 saturated heterocycles. The van der Waals surface area contributed by atoms with Crippen LogP contribution in [-0.2, 0) is 0 Å². The number of alkyl halides is 3. The Hall–Kier alpha value is -4.67. The fourth-order valence-electron chi connectivity index (χ4n) is 4.09. The number of ether oxygens (including phenoxy) is 3. The summed E-state index contributed by atoms with van der Waals surface area (Å²) in [6.45, 7) is 3.88. The van der Waals surface area contributed by atoms with Gasteiger partial charge in [-0.2, -0.15) is 0 Å². The van der Waals surface area contributed by atoms with Gasteiger partial charge in [0.1, 0.15) is 22.9 Å². The van der Waals surface area contributed by atoms with Gasteiger partial charge in [0, 0.05) is 11.3 Å². The first-order valence-electron chi connectivity index (χ1n) is 11.5. The van der Waals surface area contributed by atoms with E-state index in [2.05, 4.69) is 25.3 Å². The molecule has 0 unspecified atom stereocenters. The Labute approximate surface area is 215 Å². The second kappa shape index (κ2) is 9.33. The van der Waals surface area contributed by atoms with Crippen molar-refractivity contribution >= 4 is 34.5 Å². The first-order valence-corrected chi connectivity index (χ1v) is 11.5. The predicted octanol–water partition coefficient (Wildman–Crippen LogP) is 6.97. The van der Waals surface area contributed by atoms with E-state index in [4.69, 9.17) is 9.47 Å². The second-order valence-corrected chi connectivity index (χ2v) is 9.07. The number of aromatic nitrogens is 2. The number of anilines is 2. The van der Waals surface area contributed by atoms with Crippen LogP contribution in [0.3, 0.4) is 0 Å². The number of amides is 2. The van der Waals surface area contributed by atoms with Crippen LogP contribution < -0.4 is 24.8 Å². The van der Waals surface area contributed by atoms with E-state index in [1.165, 1.54) is 25.3 Å². The third-order valence-electron chi connectivity index (χ3n) is 5.71. The molecule has 1 aliphatic rings. The summed E-state index contributed by atoms with van der Waals surface area (Å²) >= 11 is 0. The molecule has 11 heteroatoms. The highest BCUT2D eigenvalue weighted by molar-refractivity contribution is 6.02. The molecule has 2 amide bonds. The van der Waals surface area contributed by atoms with Crippen LogP contribution in [0.2, 0.25) is 0 Å². The van der Waals surface area contributed by atoms with Crippen LogP contribution in [0.1, 0.15) is 19.4 Å². The minimum atomic E-state index is -4.79. The minimum Gasteiger partial charge on any atom is -0.494 e. The number of halogens is 3. The topological polar surface area (TPSA) is 97.5 Å². The lowest BCUT2D eigenvalue weighted by atomic mass is 10.0. The quantitative estimate of drug-likeness (QED) is 0.262. The van der Waals surface area contributed by atoms with Crippen LogP contribution in [-0.4, -0.2) is 35.1 Å². The van der Waals surface area contributed by atoms with Crippen molar-refractivity contribution in [3.63, 3.8) is 0 Å². The van der Waals surface area contributed by atoms with Crippen molar-refractivity contribution in [2.75, 3.05) is 17.7 Å². The lowest BCUT2D eigenvalue weighted by Gasteiger charge is -2.29. The second-order valence-electron chi connectivity index (χ2n) is 9.07. The number of aromatic amines is 1. The first kappa shape index (κ1) is 25.0. The lowest BCUT2D eigenvalue weighted by Crippen LogP contribution is -2.27. The Kier molecular flexibility index (Phi) is 6.14. The Balaban J connectivity index is 1.33. The smallest absolute Gasteiger partial charge is 0.494 e. The van der Waals surface area contributed by atoms with Gasteiger partial charge in [0.15, 0.2) is 5.75 Å². The largest absolute Gasteiger partial charge is 0.573 e. The Morgan fingerprint density at radius 1 is 1.08 bits per heavy atom. The Morgan fingerprint density at radius 2 is 1.89 bits per heavy atom. The monoisotopic (exact) mass is 524 g/mol. The summed E-state index contributed by atoms with van der Waals surface area (Å²) in [5, 5.41) is 5.54. The molecule has 196 valence electrons. The first-order chi connectivity index (χ1) is 18.0. The molecule has 1 aliphatic heterocycles. The van der Waals surface area contributed by atoms with Crippen molar-refractivity contribution in [3.05, 3.63) is 66.2 Å². The molecule has 0 spiro atoms. The summed E-state index contributed by atoms with van der Waals surface area (Å²) in [7, 11) is 1.51. The number of imidazole rings is 1. The molecule has 5 rings (SSSR count). The SMILES string of the molecule is COc1c(NC(=O)Nc2ccc3[nH]c(-c4cccc(OC(F)(F)F)c4)nc3c2)ccc2c1C=CC(C)(C)O2. The van der Waals surface area contributed by atoms with Crippen molar-refractivity contribution in [3.8, 4) is 28.6 Å². The number of fused-ring (bicyclic) bond motifs is 2. The fraction of sp³-hybridized carbons (Fsp3) is 0.185. The van der Waals surface area contributed by atoms with E-state index in [0.29, 0.717) is 45.3 Å². The summed E-state index contributed by atoms with van der Waals surface area (Å²) in [5.41, 5.74) is 2.76. The zero-order valence-corrected chi connectivity index (χ0v) is 20.6. The van der Waals surface area contributed by atoms with Gasteiger partial charge in [-0.15, -0.1) is 13.2 Å². The van der Waals surface area contributed by atoms with Crippen LogP contribution in [0, 0.1) is 0 Å². The molecular weight excluding hydrogens is 501 g/mol. The maximum Gasteiger partial charge on any atom is 0.573 e. The number of hydrogen-bond donors (Lipinski definition) is 3. The zero-order valence-electron chi connectivity index (χ0n) is 20.6. The van der Waals surface area contributed by atoms with E-state index >= 15 is 0 Å². The molecule has 8 nitrogen and oxygen atoms in total. The number of nitrogens with zero attached hydrogens (tertiary/aromatic N) is 1. The highest BCUT2D eigenvalue weighted by Crippen LogP contribution is 2.41. The number of rotatable bonds is 5. The molecule has 3 N–H and O–H groups in total. The maximum absolute atomic E-state index is 12.8. The van der Waals surface area contributed by atoms with Crippen molar-refractivity contribution in [2.24, 2.45) is 0 Å². The van der Waals surface area contributed by atoms with Gasteiger partial charge in [0.25, 0.3) is 0 Å². The van der Waals surface area contributed by atoms with Gasteiger partial charge in [0.2, 0.25) is 0 Å². The molecule has 0 atom stereocenters. The van der Waals surface area contributed by atoms with E-state index in [0.717, 1.165) is 5.56 Å². The van der Waals surface area contributed by atoms with Crippen LogP contribution in [0.25, 0.3) is 28.5 Å². The molecule has 0 bridgehead atoms. The number of benzene rings is 3. The van der Waals surface area contributed by atoms with Gasteiger partial charge in [0.05, 0.1) is 29.4 Å². The molecule has 1 aromatic heterocycles. The lowest BCUT2D eigenvalue weighted by molar-refractivity contribution is -0.274. The number of carbonyl (C=O) groups is 1. The normalized spacial score (nSPS) is 13.9. The molecular formula is C27H23F3N4O4. The molecule has 0 aliphatic carbocycles. The average Bonchev–Trinajstić information content (AvgIpc) is 3.26. The minimum absolute atomic E-state index is 0.349. The molecule has 38 heavy (non-hydrogen) atoms. The summed E-state index contributed by atoms with van der Waals surface area (Å²) in [6, 6.07) is 13.5. The maximum atomic E-state index is 12.8. The number of methoxy groups -OCH3 is 1. The van der Waals surface area contributed by atoms with E-state index in [1.54, 1.807) is 36.4 Å². The molecule has 3 aromatic carbocycles. The van der Waals surface area contributed by atoms with Gasteiger partial charge in [-0.05, 0) is 68.5 Å². The highest BCUT2D eigenvalue weighted by Gasteiger charge is 2.31. The molecule has 0 saturated carbocycles. The van der Waals surface area contributed by atoms with Gasteiger partial charge >= 0.3 is 12.4 Å². The summed E-state index contributed by atoms with van der Waals surface area (Å²) in [6.07, 6.45) is -0.985. The number of H-pyrrole nitrogens is 1. The number of nitrogens with one attached hydrogen (secondary N) is 3. The van der Waals surface area contributed by atoms with E-state index in [9.17, 15) is 18.0 Å². The van der Waals surface area contributed by atoms with E-state index in [-0.39, 0.29) is 5.75 Å². The molecule has 2 heterocycles. The van der Waals surface area contributed by atoms with Gasteiger partial charge in [-0.1, -0.05) is 12.1 Å². The van der Waals surface area contributed by atoms with E-state index in [1.807, 2.05) is 26.0 Å². The van der Waals surface area contributed by atoms with Crippen LogP contribution in [0.15, 0.2) is 60.7 Å². The number of hydrogen-bond acceptors (Lipinski definition) is 5. The van der Waals surface area contributed by atoms with Crippen LogP contribution in [0.5, 0.6) is 17.2 Å². The molecule has 0 fully saturated rings. The Morgan fingerprint density at radius 3 is 2.66 bits per heavy atom. The summed E-state index contributed by atoms with van der Waals surface area (Å²) in [5.74, 6) is 1.12. The van der Waals surface area contributed by atoms with Gasteiger partial charge < -0.3 is 29.8 Å². The van der Waals surface area contributed by atoms with Crippen LogP contribution in [0.4, 0.5) is 29.3 Å². The zero-order chi connectivity index (χ0) is 27.1. The van der Waals surface area contributed by atoms with Crippen molar-refractivity contribution < 1.29 is 32.2 Å². The average molecular weight is 524 g/mol. The van der Waals surface area contributed by atoms with Crippen LogP contribution >= 0.6 is 0 Å². The molecule has 4 aromatic rings. The Bertz CT molecular complexity index is 1560. The van der Waals surface area contributed by atoms with E-state index < -0.39 is 18.0 Å². The summed E-state index contributed by atoms with van der Waals surface area (Å²) in [4.78, 5) is 20.3. The fourth-order valence-corrected chi connectivity index (χ4v) is 4.09. The molecule has 0 radical (unpaired) electrons. The third-order valence-corrected chi connectivity index (χ3v) is 5.71. The van der Waals surface area contributed by atoms with Crippen molar-refractivity contribution in [1.29, 1.82) is 0 Å². The highest BCUT2D eigenvalue weighted by atomic mass is 19.4. The number of urea groups is 1. The summed E-state index contributed by atoms with van der Waals surface area (Å²) < 4.78 is 53.2. The standard InChI is InChI=1S/C27H23F3N4O4/c1-26(2)12-11-18-22(38-26)10-9-20(23(18)36-3)34-25(35)31-16-7-8-19-21(14-16)33-24(32-19)15-5-4-6-17(13-15)37-27(28,29)30/h4-14H,1-3H3,(H,32,33)(H2,31,34,35). The van der Waals surface area contributed by atoms with Crippen molar-refractivity contribution in [1.82, 2.24) is 9.97 Å². The number of carbonyl (C=O) groups excluding carboxylic acids is 1. The third kappa shape index (κ3) is 5.36.